The summed E-state index contributed by atoms with van der Waals surface area (Å²) in [6, 6.07) is 8.71. The number of piperazine rings is 1. The van der Waals surface area contributed by atoms with Gasteiger partial charge in [0.25, 0.3) is 5.91 Å². The molecule has 184 valence electrons. The van der Waals surface area contributed by atoms with Crippen LogP contribution in [0.1, 0.15) is 49.8 Å². The first-order valence-corrected chi connectivity index (χ1v) is 12.3. The van der Waals surface area contributed by atoms with Crippen molar-refractivity contribution in [1.82, 2.24) is 15.1 Å². The first-order chi connectivity index (χ1) is 15.7. The van der Waals surface area contributed by atoms with Gasteiger partial charge in [-0.3, -0.25) is 9.79 Å². The van der Waals surface area contributed by atoms with Crippen LogP contribution < -0.4 is 5.32 Å². The zero-order valence-electron chi connectivity index (χ0n) is 20.0. The van der Waals surface area contributed by atoms with Gasteiger partial charge < -0.3 is 24.6 Å². The number of aliphatic imine (C=N–C) groups is 1. The predicted molar refractivity (Wildman–Crippen MR) is 141 cm³/mol. The Morgan fingerprint density at radius 1 is 1.03 bits per heavy atom. The van der Waals surface area contributed by atoms with Gasteiger partial charge in [-0.1, -0.05) is 29.8 Å². The summed E-state index contributed by atoms with van der Waals surface area (Å²) in [5.41, 5.74) is 2.52. The minimum Gasteiger partial charge on any atom is -0.373 e. The highest BCUT2D eigenvalue weighted by Gasteiger charge is 2.31. The lowest BCUT2D eigenvalue weighted by atomic mass is 9.89. The number of halogens is 1. The first-order valence-electron chi connectivity index (χ1n) is 12.3. The van der Waals surface area contributed by atoms with Gasteiger partial charge in [0, 0.05) is 58.4 Å². The molecule has 3 unspecified atom stereocenters. The van der Waals surface area contributed by atoms with Crippen LogP contribution in [0.5, 0.6) is 0 Å². The van der Waals surface area contributed by atoms with Crippen LogP contribution in [0.3, 0.4) is 0 Å². The Morgan fingerprint density at radius 3 is 2.36 bits per heavy atom. The summed E-state index contributed by atoms with van der Waals surface area (Å²) < 4.78 is 11.8. The lowest BCUT2D eigenvalue weighted by Crippen LogP contribution is -2.55. The number of nitrogens with zero attached hydrogens (tertiary/aromatic N) is 3. The van der Waals surface area contributed by atoms with Crippen molar-refractivity contribution in [3.8, 4) is 0 Å². The molecule has 0 aromatic heterocycles. The van der Waals surface area contributed by atoms with Crippen LogP contribution in [0.25, 0.3) is 0 Å². The molecule has 0 saturated carbocycles. The maximum Gasteiger partial charge on any atom is 0.251 e. The zero-order valence-corrected chi connectivity index (χ0v) is 22.3. The quantitative estimate of drug-likeness (QED) is 0.334. The molecule has 3 atom stereocenters. The summed E-state index contributed by atoms with van der Waals surface area (Å²) in [6.45, 7) is 10.4. The minimum atomic E-state index is -0.228. The van der Waals surface area contributed by atoms with E-state index in [1.165, 1.54) is 11.1 Å². The maximum atomic E-state index is 12.6. The van der Waals surface area contributed by atoms with Crippen molar-refractivity contribution in [3.05, 3.63) is 35.4 Å². The molecule has 3 aliphatic rings. The van der Waals surface area contributed by atoms with Gasteiger partial charge in [0.05, 0.1) is 6.10 Å². The molecule has 1 aromatic carbocycles. The van der Waals surface area contributed by atoms with E-state index in [4.69, 9.17) is 14.5 Å². The average Bonchev–Trinajstić information content (AvgIpc) is 3.37. The highest BCUT2D eigenvalue weighted by molar-refractivity contribution is 14.0. The molecule has 3 heterocycles. The highest BCUT2D eigenvalue weighted by atomic mass is 127. The summed E-state index contributed by atoms with van der Waals surface area (Å²) in [5.74, 6) is 1.48. The van der Waals surface area contributed by atoms with Crippen LogP contribution in [0.2, 0.25) is 0 Å². The lowest BCUT2D eigenvalue weighted by molar-refractivity contribution is -0.142. The number of aryl methyl sites for hydroxylation is 1. The van der Waals surface area contributed by atoms with Gasteiger partial charge in [0.1, 0.15) is 6.10 Å². The zero-order chi connectivity index (χ0) is 22.3. The first kappa shape index (κ1) is 26.2. The van der Waals surface area contributed by atoms with Crippen molar-refractivity contribution in [3.63, 3.8) is 0 Å². The Morgan fingerprint density at radius 2 is 1.70 bits per heavy atom. The van der Waals surface area contributed by atoms with E-state index >= 15 is 0 Å². The fourth-order valence-electron chi connectivity index (χ4n) is 4.90. The van der Waals surface area contributed by atoms with E-state index in [9.17, 15) is 4.79 Å². The standard InChI is InChI=1S/C25H38N4O3.HI/c1-3-26-25(29-14-12-28(13-15-29)24(30)22-7-5-16-31-22)27-18-21-6-4-17-32-23(21)20-10-8-19(2)9-11-20;/h8-11,21-23H,3-7,12-18H2,1-2H3,(H,26,27);1H. The third-order valence-corrected chi connectivity index (χ3v) is 6.76. The van der Waals surface area contributed by atoms with E-state index in [0.29, 0.717) is 12.5 Å². The van der Waals surface area contributed by atoms with Crippen molar-refractivity contribution in [2.75, 3.05) is 52.5 Å². The molecule has 4 rings (SSSR count). The fourth-order valence-corrected chi connectivity index (χ4v) is 4.90. The average molecular weight is 571 g/mol. The lowest BCUT2D eigenvalue weighted by Gasteiger charge is -2.37. The molecule has 0 aliphatic carbocycles. The second kappa shape index (κ2) is 12.9. The fraction of sp³-hybridized carbons (Fsp3) is 0.680. The van der Waals surface area contributed by atoms with Crippen LogP contribution in [0.4, 0.5) is 0 Å². The van der Waals surface area contributed by atoms with E-state index in [2.05, 4.69) is 48.3 Å². The Balaban J connectivity index is 0.00000306. The molecule has 0 spiro atoms. The molecule has 8 heteroatoms. The van der Waals surface area contributed by atoms with Gasteiger partial charge in [-0.05, 0) is 45.1 Å². The maximum absolute atomic E-state index is 12.6. The number of hydrogen-bond donors (Lipinski definition) is 1. The van der Waals surface area contributed by atoms with Crippen LogP contribution in [0.15, 0.2) is 29.3 Å². The summed E-state index contributed by atoms with van der Waals surface area (Å²) in [7, 11) is 0. The van der Waals surface area contributed by atoms with Crippen LogP contribution in [-0.2, 0) is 14.3 Å². The number of ether oxygens (including phenoxy) is 2. The largest absolute Gasteiger partial charge is 0.373 e. The topological polar surface area (TPSA) is 66.4 Å². The molecule has 1 amide bonds. The number of carbonyl (C=O) groups excluding carboxylic acids is 1. The van der Waals surface area contributed by atoms with Crippen molar-refractivity contribution < 1.29 is 14.3 Å². The van der Waals surface area contributed by atoms with Crippen molar-refractivity contribution in [2.45, 2.75) is 51.7 Å². The van der Waals surface area contributed by atoms with Gasteiger partial charge in [0.2, 0.25) is 0 Å². The second-order valence-electron chi connectivity index (χ2n) is 9.11. The number of benzene rings is 1. The Bertz CT molecular complexity index is 774. The third-order valence-electron chi connectivity index (χ3n) is 6.76. The molecular formula is C25H39IN4O3. The van der Waals surface area contributed by atoms with E-state index in [-0.39, 0.29) is 42.1 Å². The number of carbonyl (C=O) groups is 1. The number of hydrogen-bond acceptors (Lipinski definition) is 4. The molecular weight excluding hydrogens is 531 g/mol. The summed E-state index contributed by atoms with van der Waals surface area (Å²) >= 11 is 0. The van der Waals surface area contributed by atoms with Crippen LogP contribution in [0, 0.1) is 12.8 Å². The van der Waals surface area contributed by atoms with Crippen LogP contribution >= 0.6 is 24.0 Å². The van der Waals surface area contributed by atoms with Gasteiger partial charge >= 0.3 is 0 Å². The van der Waals surface area contributed by atoms with Gasteiger partial charge in [0.15, 0.2) is 5.96 Å². The summed E-state index contributed by atoms with van der Waals surface area (Å²) in [4.78, 5) is 21.9. The van der Waals surface area contributed by atoms with Crippen molar-refractivity contribution in [2.24, 2.45) is 10.9 Å². The number of amides is 1. The van der Waals surface area contributed by atoms with E-state index in [0.717, 1.165) is 77.5 Å². The Labute approximate surface area is 215 Å². The molecule has 33 heavy (non-hydrogen) atoms. The van der Waals surface area contributed by atoms with Crippen molar-refractivity contribution >= 4 is 35.8 Å². The molecule has 7 nitrogen and oxygen atoms in total. The molecule has 3 fully saturated rings. The predicted octanol–water partition coefficient (Wildman–Crippen LogP) is 3.37. The van der Waals surface area contributed by atoms with E-state index < -0.39 is 0 Å². The summed E-state index contributed by atoms with van der Waals surface area (Å²) in [6.07, 6.45) is 3.94. The molecule has 1 N–H and O–H groups in total. The number of guanidine groups is 1. The van der Waals surface area contributed by atoms with E-state index in [1.54, 1.807) is 0 Å². The second-order valence-corrected chi connectivity index (χ2v) is 9.11. The van der Waals surface area contributed by atoms with Crippen LogP contribution in [-0.4, -0.2) is 80.3 Å². The monoisotopic (exact) mass is 570 g/mol. The SMILES string of the molecule is CCNC(=NCC1CCCOC1c1ccc(C)cc1)N1CCN(C(=O)C2CCCO2)CC1.I. The minimum absolute atomic E-state index is 0. The molecule has 0 bridgehead atoms. The third kappa shape index (κ3) is 6.82. The smallest absolute Gasteiger partial charge is 0.251 e. The Kier molecular flexibility index (Phi) is 10.2. The molecule has 1 aromatic rings. The van der Waals surface area contributed by atoms with Crippen molar-refractivity contribution in [1.29, 1.82) is 0 Å². The Hall–Kier alpha value is -1.39. The van der Waals surface area contributed by atoms with Gasteiger partial charge in [-0.25, -0.2) is 0 Å². The summed E-state index contributed by atoms with van der Waals surface area (Å²) in [5, 5.41) is 3.46. The molecule has 3 saturated heterocycles. The number of nitrogens with one attached hydrogen (secondary N) is 1. The molecule has 0 radical (unpaired) electrons. The highest BCUT2D eigenvalue weighted by Crippen LogP contribution is 2.34. The van der Waals surface area contributed by atoms with Gasteiger partial charge in [-0.15, -0.1) is 24.0 Å². The van der Waals surface area contributed by atoms with E-state index in [1.807, 2.05) is 4.90 Å². The normalized spacial score (nSPS) is 26.1. The van der Waals surface area contributed by atoms with Gasteiger partial charge in [-0.2, -0.15) is 0 Å². The molecule has 3 aliphatic heterocycles. The number of rotatable bonds is 5.